The third kappa shape index (κ3) is 7.01. The summed E-state index contributed by atoms with van der Waals surface area (Å²) in [6.45, 7) is 3.05. The predicted molar refractivity (Wildman–Crippen MR) is 121 cm³/mol. The highest BCUT2D eigenvalue weighted by Crippen LogP contribution is 2.54. The lowest BCUT2D eigenvalue weighted by Crippen LogP contribution is -2.29. The number of hydrogen-bond donors (Lipinski definition) is 0. The lowest BCUT2D eigenvalue weighted by atomic mass is 10.1. The second kappa shape index (κ2) is 12.2. The number of carbonyl (C=O) groups excluding carboxylic acids is 2. The van der Waals surface area contributed by atoms with Gasteiger partial charge in [0.25, 0.3) is 0 Å². The molecule has 2 aromatic carbocycles. The van der Waals surface area contributed by atoms with Crippen LogP contribution in [0.3, 0.4) is 0 Å². The Morgan fingerprint density at radius 1 is 1.03 bits per heavy atom. The molecule has 9 heteroatoms. The average Bonchev–Trinajstić information content (AvgIpc) is 2.76. The number of ether oxygens (including phenoxy) is 2. The van der Waals surface area contributed by atoms with E-state index < -0.39 is 31.6 Å². The number of methoxy groups -OCH3 is 1. The van der Waals surface area contributed by atoms with Gasteiger partial charge in [0.05, 0.1) is 24.8 Å². The van der Waals surface area contributed by atoms with Crippen molar-refractivity contribution in [3.8, 4) is 5.75 Å². The Balaban J connectivity index is 2.19. The molecule has 0 aromatic heterocycles. The molecular formula is C22H26BrO7P. The molecule has 0 saturated carbocycles. The first-order chi connectivity index (χ1) is 14.8. The second-order valence-electron chi connectivity index (χ2n) is 6.46. The van der Waals surface area contributed by atoms with Gasteiger partial charge in [0.2, 0.25) is 0 Å². The highest BCUT2D eigenvalue weighted by atomic mass is 79.9. The summed E-state index contributed by atoms with van der Waals surface area (Å²) < 4.78 is 35.1. The number of benzene rings is 2. The van der Waals surface area contributed by atoms with Crippen molar-refractivity contribution in [1.29, 1.82) is 0 Å². The van der Waals surface area contributed by atoms with Crippen molar-refractivity contribution < 1.29 is 32.7 Å². The van der Waals surface area contributed by atoms with Crippen molar-refractivity contribution in [3.05, 3.63) is 64.1 Å². The number of esters is 1. The summed E-state index contributed by atoms with van der Waals surface area (Å²) in [7, 11) is -2.29. The molecule has 0 amide bonds. The normalized spacial score (nSPS) is 12.3. The smallest absolute Gasteiger partial charge is 0.345 e. The summed E-state index contributed by atoms with van der Waals surface area (Å²) in [5.74, 6) is -0.640. The Hall–Kier alpha value is -1.99. The molecule has 0 fully saturated rings. The largest absolute Gasteiger partial charge is 0.496 e. The van der Waals surface area contributed by atoms with Crippen LogP contribution in [0, 0.1) is 0 Å². The summed E-state index contributed by atoms with van der Waals surface area (Å²) in [6, 6.07) is 13.9. The highest BCUT2D eigenvalue weighted by molar-refractivity contribution is 9.10. The van der Waals surface area contributed by atoms with Crippen LogP contribution in [-0.2, 0) is 29.6 Å². The molecular weight excluding hydrogens is 487 g/mol. The van der Waals surface area contributed by atoms with Crippen molar-refractivity contribution in [2.75, 3.05) is 26.9 Å². The number of halogens is 1. The molecule has 1 unspecified atom stereocenters. The molecule has 2 rings (SSSR count). The maximum Gasteiger partial charge on any atom is 0.345 e. The van der Waals surface area contributed by atoms with Gasteiger partial charge in [-0.15, -0.1) is 0 Å². The quantitative estimate of drug-likeness (QED) is 0.223. The SMILES string of the molecule is CCOP(=O)(OCC)C(Cc1ccccc1)C(=O)OCC(=O)c1ccc(OC)c(Br)c1. The van der Waals surface area contributed by atoms with E-state index in [9.17, 15) is 14.2 Å². The fourth-order valence-electron chi connectivity index (χ4n) is 2.89. The topological polar surface area (TPSA) is 88.1 Å². The molecule has 168 valence electrons. The molecule has 0 N–H and O–H groups in total. The molecule has 31 heavy (non-hydrogen) atoms. The van der Waals surface area contributed by atoms with Crippen LogP contribution in [0.1, 0.15) is 29.8 Å². The molecule has 0 aliphatic carbocycles. The van der Waals surface area contributed by atoms with Crippen molar-refractivity contribution in [2.45, 2.75) is 25.9 Å². The van der Waals surface area contributed by atoms with Crippen LogP contribution >= 0.6 is 23.5 Å². The van der Waals surface area contributed by atoms with Crippen LogP contribution in [0.25, 0.3) is 0 Å². The standard InChI is InChI=1S/C22H26BrO7P/c1-4-29-31(26,30-5-2)21(13-16-9-7-6-8-10-16)22(25)28-15-19(24)17-11-12-20(27-3)18(23)14-17/h6-12,14,21H,4-5,13,15H2,1-3H3. The molecule has 7 nitrogen and oxygen atoms in total. The van der Waals surface area contributed by atoms with E-state index in [0.29, 0.717) is 15.8 Å². The molecule has 2 aromatic rings. The zero-order valence-electron chi connectivity index (χ0n) is 17.7. The second-order valence-corrected chi connectivity index (χ2v) is 9.53. The van der Waals surface area contributed by atoms with E-state index in [1.54, 1.807) is 32.0 Å². The van der Waals surface area contributed by atoms with Gasteiger partial charge in [-0.25, -0.2) is 0 Å². The zero-order valence-corrected chi connectivity index (χ0v) is 20.2. The van der Waals surface area contributed by atoms with Crippen LogP contribution in [0.5, 0.6) is 5.75 Å². The van der Waals surface area contributed by atoms with Gasteiger partial charge >= 0.3 is 13.6 Å². The number of Topliss-reactive ketones (excluding diaryl/α,β-unsaturated/α-hetero) is 1. The number of rotatable bonds is 12. The minimum atomic E-state index is -3.81. The molecule has 0 spiro atoms. The first-order valence-corrected chi connectivity index (χ1v) is 12.2. The van der Waals surface area contributed by atoms with Gasteiger partial charge in [-0.3, -0.25) is 14.2 Å². The van der Waals surface area contributed by atoms with Crippen molar-refractivity contribution in [2.24, 2.45) is 0 Å². The van der Waals surface area contributed by atoms with Gasteiger partial charge in [-0.2, -0.15) is 0 Å². The third-order valence-electron chi connectivity index (χ3n) is 4.36. The molecule has 0 aliphatic heterocycles. The Morgan fingerprint density at radius 3 is 2.23 bits per heavy atom. The van der Waals surface area contributed by atoms with Crippen LogP contribution in [0.2, 0.25) is 0 Å². The Morgan fingerprint density at radius 2 is 1.68 bits per heavy atom. The Bertz CT molecular complexity index is 923. The fourth-order valence-corrected chi connectivity index (χ4v) is 5.36. The molecule has 0 radical (unpaired) electrons. The summed E-state index contributed by atoms with van der Waals surface area (Å²) in [4.78, 5) is 25.4. The van der Waals surface area contributed by atoms with Gasteiger partial charge in [0.1, 0.15) is 5.75 Å². The van der Waals surface area contributed by atoms with E-state index >= 15 is 0 Å². The van der Waals surface area contributed by atoms with Crippen LogP contribution in [0.15, 0.2) is 53.0 Å². The van der Waals surface area contributed by atoms with E-state index in [1.165, 1.54) is 7.11 Å². The fraction of sp³-hybridized carbons (Fsp3) is 0.364. The first-order valence-electron chi connectivity index (χ1n) is 9.80. The molecule has 0 aliphatic rings. The van der Waals surface area contributed by atoms with E-state index in [1.807, 2.05) is 30.3 Å². The minimum absolute atomic E-state index is 0.0965. The molecule has 0 heterocycles. The highest BCUT2D eigenvalue weighted by Gasteiger charge is 2.42. The summed E-state index contributed by atoms with van der Waals surface area (Å²) in [5.41, 5.74) is -0.0717. The van der Waals surface area contributed by atoms with Crippen molar-refractivity contribution >= 4 is 35.3 Å². The molecule has 0 bridgehead atoms. The third-order valence-corrected chi connectivity index (χ3v) is 7.38. The monoisotopic (exact) mass is 512 g/mol. The lowest BCUT2D eigenvalue weighted by Gasteiger charge is -2.25. The average molecular weight is 513 g/mol. The Kier molecular flexibility index (Phi) is 9.91. The van der Waals surface area contributed by atoms with E-state index in [0.717, 1.165) is 5.56 Å². The molecule has 0 saturated heterocycles. The van der Waals surface area contributed by atoms with Crippen LogP contribution in [0.4, 0.5) is 0 Å². The van der Waals surface area contributed by atoms with Crippen LogP contribution < -0.4 is 4.74 Å². The van der Waals surface area contributed by atoms with Gasteiger partial charge in [0.15, 0.2) is 18.0 Å². The molecule has 1 atom stereocenters. The summed E-state index contributed by atoms with van der Waals surface area (Å²) >= 11 is 3.32. The van der Waals surface area contributed by atoms with Gasteiger partial charge < -0.3 is 18.5 Å². The first kappa shape index (κ1) is 25.3. The Labute approximate surface area is 190 Å². The van der Waals surface area contributed by atoms with E-state index in [-0.39, 0.29) is 19.6 Å². The van der Waals surface area contributed by atoms with Gasteiger partial charge in [-0.1, -0.05) is 30.3 Å². The van der Waals surface area contributed by atoms with Crippen LogP contribution in [-0.4, -0.2) is 44.3 Å². The summed E-state index contributed by atoms with van der Waals surface area (Å²) in [5, 5.41) is 0. The maximum atomic E-state index is 13.3. The van der Waals surface area contributed by atoms with Crippen molar-refractivity contribution in [1.82, 2.24) is 0 Å². The zero-order chi connectivity index (χ0) is 22.9. The maximum absolute atomic E-state index is 13.3. The van der Waals surface area contributed by atoms with Crippen molar-refractivity contribution in [3.63, 3.8) is 0 Å². The predicted octanol–water partition coefficient (Wildman–Crippen LogP) is 5.06. The number of hydrogen-bond acceptors (Lipinski definition) is 7. The summed E-state index contributed by atoms with van der Waals surface area (Å²) in [6.07, 6.45) is 0.0965. The number of carbonyl (C=O) groups is 2. The van der Waals surface area contributed by atoms with E-state index in [2.05, 4.69) is 15.9 Å². The van der Waals surface area contributed by atoms with Gasteiger partial charge in [-0.05, 0) is 60.0 Å². The lowest BCUT2D eigenvalue weighted by molar-refractivity contribution is -0.142. The van der Waals surface area contributed by atoms with Gasteiger partial charge in [0, 0.05) is 5.56 Å². The van der Waals surface area contributed by atoms with E-state index in [4.69, 9.17) is 18.5 Å². The number of ketones is 1. The minimum Gasteiger partial charge on any atom is -0.496 e.